The number of benzene rings is 1. The fraction of sp³-hybridized carbons (Fsp3) is 0.125. The zero-order chi connectivity index (χ0) is 14.7. The number of para-hydroxylation sites is 1. The van der Waals surface area contributed by atoms with Crippen molar-refractivity contribution >= 4 is 0 Å². The van der Waals surface area contributed by atoms with Crippen LogP contribution in [0.25, 0.3) is 11.4 Å². The summed E-state index contributed by atoms with van der Waals surface area (Å²) in [7, 11) is 0. The second-order valence-electron chi connectivity index (χ2n) is 4.77. The Morgan fingerprint density at radius 2 is 1.90 bits per heavy atom. The molecule has 3 rings (SSSR count). The number of nitrogens with zero attached hydrogens (tertiary/aromatic N) is 3. The first kappa shape index (κ1) is 13.3. The Balaban J connectivity index is 1.85. The van der Waals surface area contributed by atoms with E-state index in [1.54, 1.807) is 30.7 Å². The molecule has 3 aromatic rings. The maximum absolute atomic E-state index is 9.79. The van der Waals surface area contributed by atoms with Crippen molar-refractivity contribution in [3.63, 3.8) is 0 Å². The molecule has 0 spiro atoms. The van der Waals surface area contributed by atoms with Crippen molar-refractivity contribution in [3.05, 3.63) is 66.2 Å². The average molecular weight is 281 g/mol. The summed E-state index contributed by atoms with van der Waals surface area (Å²) in [6.07, 6.45) is 5.23. The number of phenols is 1. The Morgan fingerprint density at radius 1 is 1.05 bits per heavy atom. The summed E-state index contributed by atoms with van der Waals surface area (Å²) in [5.41, 5.74) is 3.09. The summed E-state index contributed by atoms with van der Waals surface area (Å²) >= 11 is 0. The minimum absolute atomic E-state index is 0.0197. The average Bonchev–Trinajstić information content (AvgIpc) is 2.98. The summed E-state index contributed by atoms with van der Waals surface area (Å²) in [5, 5.41) is 18.9. The number of aliphatic hydroxyl groups excluding tert-OH is 1. The van der Waals surface area contributed by atoms with Crippen LogP contribution in [0.4, 0.5) is 0 Å². The quantitative estimate of drug-likeness (QED) is 0.769. The molecule has 0 bridgehead atoms. The lowest BCUT2D eigenvalue weighted by molar-refractivity contribution is 0.282. The number of phenolic OH excluding ortho intramolecular Hbond substituents is 1. The van der Waals surface area contributed by atoms with Crippen molar-refractivity contribution in [2.45, 2.75) is 13.2 Å². The molecule has 0 atom stereocenters. The van der Waals surface area contributed by atoms with E-state index in [2.05, 4.69) is 9.97 Å². The van der Waals surface area contributed by atoms with Crippen molar-refractivity contribution in [1.82, 2.24) is 14.5 Å². The molecule has 0 aliphatic heterocycles. The number of hydrogen-bond acceptors (Lipinski definition) is 4. The number of rotatable bonds is 4. The minimum Gasteiger partial charge on any atom is -0.508 e. The van der Waals surface area contributed by atoms with E-state index in [-0.39, 0.29) is 12.4 Å². The van der Waals surface area contributed by atoms with Gasteiger partial charge in [-0.1, -0.05) is 18.2 Å². The molecule has 2 aromatic heterocycles. The molecule has 0 saturated carbocycles. The maximum Gasteiger partial charge on any atom is 0.120 e. The van der Waals surface area contributed by atoms with E-state index in [1.807, 2.05) is 29.0 Å². The summed E-state index contributed by atoms with van der Waals surface area (Å²) in [4.78, 5) is 8.58. The van der Waals surface area contributed by atoms with E-state index in [0.717, 1.165) is 22.5 Å². The van der Waals surface area contributed by atoms with Gasteiger partial charge in [-0.05, 0) is 23.8 Å². The van der Waals surface area contributed by atoms with Crippen LogP contribution in [0.3, 0.4) is 0 Å². The molecule has 106 valence electrons. The number of hydrogen-bond donors (Lipinski definition) is 2. The molecule has 5 heteroatoms. The van der Waals surface area contributed by atoms with Gasteiger partial charge in [-0.25, -0.2) is 4.98 Å². The second-order valence-corrected chi connectivity index (χ2v) is 4.77. The van der Waals surface area contributed by atoms with Crippen molar-refractivity contribution in [2.75, 3.05) is 0 Å². The first-order valence-electron chi connectivity index (χ1n) is 6.61. The van der Waals surface area contributed by atoms with Gasteiger partial charge in [-0.15, -0.1) is 0 Å². The molecule has 2 heterocycles. The van der Waals surface area contributed by atoms with Gasteiger partial charge in [0, 0.05) is 18.0 Å². The monoisotopic (exact) mass is 281 g/mol. The van der Waals surface area contributed by atoms with E-state index in [0.29, 0.717) is 6.54 Å². The number of aromatic nitrogens is 3. The predicted molar refractivity (Wildman–Crippen MR) is 78.6 cm³/mol. The Kier molecular flexibility index (Phi) is 3.66. The van der Waals surface area contributed by atoms with E-state index < -0.39 is 0 Å². The van der Waals surface area contributed by atoms with Gasteiger partial charge in [0.15, 0.2) is 0 Å². The highest BCUT2D eigenvalue weighted by Gasteiger charge is 2.06. The van der Waals surface area contributed by atoms with Crippen LogP contribution in [0.1, 0.15) is 11.1 Å². The van der Waals surface area contributed by atoms with Crippen LogP contribution in [-0.2, 0) is 13.2 Å². The number of pyridine rings is 1. The first-order valence-corrected chi connectivity index (χ1v) is 6.61. The lowest BCUT2D eigenvalue weighted by Gasteiger charge is -2.04. The largest absolute Gasteiger partial charge is 0.508 e. The topological polar surface area (TPSA) is 71.2 Å². The van der Waals surface area contributed by atoms with Crippen molar-refractivity contribution in [2.24, 2.45) is 0 Å². The zero-order valence-electron chi connectivity index (χ0n) is 11.3. The number of imidazole rings is 1. The van der Waals surface area contributed by atoms with Gasteiger partial charge in [0.2, 0.25) is 0 Å². The summed E-state index contributed by atoms with van der Waals surface area (Å²) in [6.45, 7) is 0.521. The fourth-order valence-electron chi connectivity index (χ4n) is 2.13. The van der Waals surface area contributed by atoms with Gasteiger partial charge < -0.3 is 14.8 Å². The highest BCUT2D eigenvalue weighted by molar-refractivity contribution is 5.53. The van der Waals surface area contributed by atoms with Gasteiger partial charge in [0.05, 0.1) is 25.2 Å². The van der Waals surface area contributed by atoms with Gasteiger partial charge in [-0.3, -0.25) is 4.98 Å². The smallest absolute Gasteiger partial charge is 0.120 e. The van der Waals surface area contributed by atoms with Crippen LogP contribution in [0, 0.1) is 0 Å². The Hall–Kier alpha value is -2.66. The SMILES string of the molecule is OCc1ccnc(-c2cn(Cc3ccccc3O)cn2)c1. The molecule has 2 N–H and O–H groups in total. The standard InChI is InChI=1S/C16H15N3O2/c20-10-12-5-6-17-14(7-12)15-9-19(11-18-15)8-13-3-1-2-4-16(13)21/h1-7,9,11,20-21H,8,10H2. The molecule has 0 aliphatic carbocycles. The van der Waals surface area contributed by atoms with Crippen molar-refractivity contribution in [3.8, 4) is 17.1 Å². The van der Waals surface area contributed by atoms with Crippen molar-refractivity contribution < 1.29 is 10.2 Å². The molecule has 21 heavy (non-hydrogen) atoms. The molecule has 5 nitrogen and oxygen atoms in total. The molecule has 0 radical (unpaired) electrons. The maximum atomic E-state index is 9.79. The molecule has 0 fully saturated rings. The van der Waals surface area contributed by atoms with E-state index in [1.165, 1.54) is 0 Å². The molecule has 1 aromatic carbocycles. The number of aliphatic hydroxyl groups is 1. The molecular weight excluding hydrogens is 266 g/mol. The van der Waals surface area contributed by atoms with Crippen LogP contribution in [-0.4, -0.2) is 24.7 Å². The molecule has 0 unspecified atom stereocenters. The summed E-state index contributed by atoms with van der Waals surface area (Å²) in [5.74, 6) is 0.271. The zero-order valence-corrected chi connectivity index (χ0v) is 11.3. The fourth-order valence-corrected chi connectivity index (χ4v) is 2.13. The first-order chi connectivity index (χ1) is 10.3. The molecular formula is C16H15N3O2. The highest BCUT2D eigenvalue weighted by atomic mass is 16.3. The second kappa shape index (κ2) is 5.76. The van der Waals surface area contributed by atoms with Crippen LogP contribution in [0.15, 0.2) is 55.1 Å². The summed E-state index contributed by atoms with van der Waals surface area (Å²) in [6, 6.07) is 10.8. The van der Waals surface area contributed by atoms with Gasteiger partial charge >= 0.3 is 0 Å². The van der Waals surface area contributed by atoms with Gasteiger partial charge in [0.1, 0.15) is 11.4 Å². The lowest BCUT2D eigenvalue weighted by Crippen LogP contribution is -1.96. The Bertz CT molecular complexity index is 753. The Morgan fingerprint density at radius 3 is 2.71 bits per heavy atom. The predicted octanol–water partition coefficient (Wildman–Crippen LogP) is 2.19. The lowest BCUT2D eigenvalue weighted by atomic mass is 10.2. The third kappa shape index (κ3) is 2.93. The van der Waals surface area contributed by atoms with Crippen LogP contribution < -0.4 is 0 Å². The Labute approximate surface area is 122 Å². The third-order valence-corrected chi connectivity index (χ3v) is 3.25. The molecule has 0 saturated heterocycles. The van der Waals surface area contributed by atoms with E-state index >= 15 is 0 Å². The summed E-state index contributed by atoms with van der Waals surface area (Å²) < 4.78 is 1.89. The van der Waals surface area contributed by atoms with Crippen molar-refractivity contribution in [1.29, 1.82) is 0 Å². The molecule has 0 aliphatic rings. The van der Waals surface area contributed by atoms with E-state index in [4.69, 9.17) is 5.11 Å². The van der Waals surface area contributed by atoms with Crippen LogP contribution >= 0.6 is 0 Å². The van der Waals surface area contributed by atoms with Crippen LogP contribution in [0.2, 0.25) is 0 Å². The minimum atomic E-state index is -0.0197. The highest BCUT2D eigenvalue weighted by Crippen LogP contribution is 2.19. The van der Waals surface area contributed by atoms with Gasteiger partial charge in [0.25, 0.3) is 0 Å². The molecule has 0 amide bonds. The third-order valence-electron chi connectivity index (χ3n) is 3.25. The van der Waals surface area contributed by atoms with Crippen LogP contribution in [0.5, 0.6) is 5.75 Å². The van der Waals surface area contributed by atoms with Gasteiger partial charge in [-0.2, -0.15) is 0 Å². The number of aromatic hydroxyl groups is 1. The van der Waals surface area contributed by atoms with E-state index in [9.17, 15) is 5.11 Å². The normalized spacial score (nSPS) is 10.7.